The van der Waals surface area contributed by atoms with Gasteiger partial charge in [-0.3, -0.25) is 4.90 Å². The number of rotatable bonds is 6. The van der Waals surface area contributed by atoms with Gasteiger partial charge in [0.1, 0.15) is 0 Å². The first-order valence-electron chi connectivity index (χ1n) is 10.6. The van der Waals surface area contributed by atoms with Crippen LogP contribution in [-0.4, -0.2) is 53.1 Å². The highest BCUT2D eigenvalue weighted by molar-refractivity contribution is 5.91. The molecule has 7 nitrogen and oxygen atoms in total. The van der Waals surface area contributed by atoms with Crippen LogP contribution >= 0.6 is 0 Å². The maximum Gasteiger partial charge on any atom is 0.319 e. The summed E-state index contributed by atoms with van der Waals surface area (Å²) in [6.45, 7) is 7.66. The van der Waals surface area contributed by atoms with Crippen LogP contribution < -0.4 is 10.6 Å². The second kappa shape index (κ2) is 9.76. The van der Waals surface area contributed by atoms with E-state index in [9.17, 15) is 4.79 Å². The van der Waals surface area contributed by atoms with Gasteiger partial charge in [0.05, 0.1) is 29.8 Å². The number of anilines is 1. The van der Waals surface area contributed by atoms with Crippen LogP contribution in [0.2, 0.25) is 0 Å². The summed E-state index contributed by atoms with van der Waals surface area (Å²) in [6, 6.07) is 19.8. The van der Waals surface area contributed by atoms with Gasteiger partial charge < -0.3 is 15.4 Å². The number of nitrogens with one attached hydrogen (secondary N) is 2. The van der Waals surface area contributed by atoms with E-state index < -0.39 is 0 Å². The molecule has 0 radical (unpaired) electrons. The van der Waals surface area contributed by atoms with E-state index in [1.54, 1.807) is 0 Å². The van der Waals surface area contributed by atoms with Crippen molar-refractivity contribution in [2.24, 2.45) is 0 Å². The summed E-state index contributed by atoms with van der Waals surface area (Å²) >= 11 is 0. The molecule has 2 N–H and O–H groups in total. The number of carbonyl (C=O) groups excluding carboxylic acids is 1. The first kappa shape index (κ1) is 21.1. The predicted octanol–water partition coefficient (Wildman–Crippen LogP) is 3.51. The van der Waals surface area contributed by atoms with E-state index in [-0.39, 0.29) is 12.1 Å². The number of benzene rings is 2. The average molecular weight is 420 g/mol. The van der Waals surface area contributed by atoms with Crippen LogP contribution in [-0.2, 0) is 11.3 Å². The molecule has 3 aromatic rings. The fraction of sp³-hybridized carbons (Fsp3) is 0.333. The number of aromatic nitrogens is 2. The van der Waals surface area contributed by atoms with Gasteiger partial charge >= 0.3 is 6.03 Å². The number of para-hydroxylation sites is 2. The van der Waals surface area contributed by atoms with Gasteiger partial charge in [0.2, 0.25) is 0 Å². The number of morpholine rings is 1. The van der Waals surface area contributed by atoms with E-state index in [0.29, 0.717) is 18.8 Å². The number of hydrogen-bond acceptors (Lipinski definition) is 4. The number of nitrogens with zero attached hydrogens (tertiary/aromatic N) is 3. The first-order valence-corrected chi connectivity index (χ1v) is 10.6. The smallest absolute Gasteiger partial charge is 0.319 e. The van der Waals surface area contributed by atoms with Gasteiger partial charge in [0.25, 0.3) is 0 Å². The van der Waals surface area contributed by atoms with Crippen molar-refractivity contribution in [2.45, 2.75) is 26.5 Å². The number of aryl methyl sites for hydroxylation is 2. The average Bonchev–Trinajstić information content (AvgIpc) is 3.11. The Morgan fingerprint density at radius 1 is 1.13 bits per heavy atom. The largest absolute Gasteiger partial charge is 0.374 e. The Morgan fingerprint density at radius 3 is 2.68 bits per heavy atom. The van der Waals surface area contributed by atoms with Gasteiger partial charge in [-0.05, 0) is 37.6 Å². The van der Waals surface area contributed by atoms with E-state index >= 15 is 0 Å². The zero-order valence-corrected chi connectivity index (χ0v) is 18.0. The number of carbonyl (C=O) groups is 1. The van der Waals surface area contributed by atoms with Crippen LogP contribution in [0.3, 0.4) is 0 Å². The zero-order valence-electron chi connectivity index (χ0n) is 18.0. The van der Waals surface area contributed by atoms with Gasteiger partial charge in [-0.1, -0.05) is 42.5 Å². The molecule has 2 heterocycles. The van der Waals surface area contributed by atoms with Crippen LogP contribution in [0.4, 0.5) is 10.5 Å². The summed E-state index contributed by atoms with van der Waals surface area (Å²) < 4.78 is 7.70. The second-order valence-electron chi connectivity index (χ2n) is 7.90. The maximum absolute atomic E-state index is 12.6. The number of amides is 2. The highest BCUT2D eigenvalue weighted by Crippen LogP contribution is 2.21. The summed E-state index contributed by atoms with van der Waals surface area (Å²) in [5, 5.41) is 10.4. The van der Waals surface area contributed by atoms with Gasteiger partial charge in [0, 0.05) is 31.9 Å². The molecule has 4 rings (SSSR count). The molecule has 162 valence electrons. The van der Waals surface area contributed by atoms with Crippen LogP contribution in [0.15, 0.2) is 60.7 Å². The zero-order chi connectivity index (χ0) is 21.6. The number of hydrogen-bond donors (Lipinski definition) is 2. The fourth-order valence-corrected chi connectivity index (χ4v) is 3.90. The standard InChI is InChI=1S/C24H29N5O2/c1-18-14-19(2)29(27-18)23-11-7-6-10-22(23)26-24(30)25-15-21-17-28(12-13-31-21)16-20-8-4-3-5-9-20/h3-11,14,21H,12-13,15-17H2,1-2H3,(H2,25,26,30). The molecule has 0 saturated carbocycles. The molecule has 1 saturated heterocycles. The van der Waals surface area contributed by atoms with Crippen molar-refractivity contribution in [3.8, 4) is 5.69 Å². The van der Waals surface area contributed by atoms with Gasteiger partial charge in [0.15, 0.2) is 0 Å². The highest BCUT2D eigenvalue weighted by Gasteiger charge is 2.21. The van der Waals surface area contributed by atoms with Gasteiger partial charge in [-0.15, -0.1) is 0 Å². The third-order valence-electron chi connectivity index (χ3n) is 5.35. The second-order valence-corrected chi connectivity index (χ2v) is 7.90. The monoisotopic (exact) mass is 419 g/mol. The van der Waals surface area contributed by atoms with Gasteiger partial charge in [-0.25, -0.2) is 9.48 Å². The van der Waals surface area contributed by atoms with Crippen molar-refractivity contribution in [2.75, 3.05) is 31.6 Å². The molecule has 1 unspecified atom stereocenters. The third-order valence-corrected chi connectivity index (χ3v) is 5.35. The van der Waals surface area contributed by atoms with Crippen molar-refractivity contribution in [3.05, 3.63) is 77.6 Å². The van der Waals surface area contributed by atoms with Crippen LogP contribution in [0, 0.1) is 13.8 Å². The van der Waals surface area contributed by atoms with E-state index in [2.05, 4.69) is 44.9 Å². The normalized spacial score (nSPS) is 16.8. The van der Waals surface area contributed by atoms with E-state index in [4.69, 9.17) is 4.74 Å². The summed E-state index contributed by atoms with van der Waals surface area (Å²) in [5.41, 5.74) is 4.79. The number of urea groups is 1. The first-order chi connectivity index (χ1) is 15.1. The molecule has 0 bridgehead atoms. The molecule has 7 heteroatoms. The van der Waals surface area contributed by atoms with Crippen molar-refractivity contribution in [1.82, 2.24) is 20.0 Å². The van der Waals surface area contributed by atoms with Crippen molar-refractivity contribution in [3.63, 3.8) is 0 Å². The summed E-state index contributed by atoms with van der Waals surface area (Å²) in [6.07, 6.45) is -0.0329. The van der Waals surface area contributed by atoms with Crippen LogP contribution in [0.1, 0.15) is 17.0 Å². The molecule has 1 atom stereocenters. The molecule has 1 aromatic heterocycles. The van der Waals surface area contributed by atoms with Crippen LogP contribution in [0.5, 0.6) is 0 Å². The Kier molecular flexibility index (Phi) is 6.64. The molecule has 2 aromatic carbocycles. The fourth-order valence-electron chi connectivity index (χ4n) is 3.90. The molecule has 1 aliphatic rings. The molecule has 31 heavy (non-hydrogen) atoms. The molecule has 0 spiro atoms. The Hall–Kier alpha value is -3.16. The lowest BCUT2D eigenvalue weighted by Gasteiger charge is -2.33. The van der Waals surface area contributed by atoms with E-state index in [1.807, 2.05) is 54.9 Å². The maximum atomic E-state index is 12.6. The minimum atomic E-state index is -0.252. The Morgan fingerprint density at radius 2 is 1.90 bits per heavy atom. The van der Waals surface area contributed by atoms with Gasteiger partial charge in [-0.2, -0.15) is 5.10 Å². The lowest BCUT2D eigenvalue weighted by Crippen LogP contribution is -2.47. The Labute approximate surface area is 183 Å². The molecule has 0 aliphatic carbocycles. The topological polar surface area (TPSA) is 71.4 Å². The Balaban J connectivity index is 1.32. The lowest BCUT2D eigenvalue weighted by atomic mass is 10.2. The molecule has 1 aliphatic heterocycles. The molecular weight excluding hydrogens is 390 g/mol. The highest BCUT2D eigenvalue weighted by atomic mass is 16.5. The Bertz CT molecular complexity index is 1020. The lowest BCUT2D eigenvalue weighted by molar-refractivity contribution is -0.0285. The molecular formula is C24H29N5O2. The SMILES string of the molecule is Cc1cc(C)n(-c2ccccc2NC(=O)NCC2CN(Cc3ccccc3)CCO2)n1. The molecule has 2 amide bonds. The third kappa shape index (κ3) is 5.51. The minimum Gasteiger partial charge on any atom is -0.374 e. The minimum absolute atomic E-state index is 0.0329. The summed E-state index contributed by atoms with van der Waals surface area (Å²) in [5.74, 6) is 0. The summed E-state index contributed by atoms with van der Waals surface area (Å²) in [7, 11) is 0. The predicted molar refractivity (Wildman–Crippen MR) is 122 cm³/mol. The van der Waals surface area contributed by atoms with Crippen LogP contribution in [0.25, 0.3) is 5.69 Å². The van der Waals surface area contributed by atoms with Crippen molar-refractivity contribution in [1.29, 1.82) is 0 Å². The van der Waals surface area contributed by atoms with Crippen molar-refractivity contribution < 1.29 is 9.53 Å². The molecule has 1 fully saturated rings. The quantitative estimate of drug-likeness (QED) is 0.641. The van der Waals surface area contributed by atoms with Crippen molar-refractivity contribution >= 4 is 11.7 Å². The van der Waals surface area contributed by atoms with E-state index in [0.717, 1.165) is 36.7 Å². The summed E-state index contributed by atoms with van der Waals surface area (Å²) in [4.78, 5) is 14.9. The number of ether oxygens (including phenoxy) is 1. The van der Waals surface area contributed by atoms with E-state index in [1.165, 1.54) is 5.56 Å².